The smallest absolute Gasteiger partial charge is 0.136 e. The fraction of sp³-hybridized carbons (Fsp3) is 0.235. The first-order valence-electron chi connectivity index (χ1n) is 13.7. The molecule has 0 unspecified atom stereocenters. The lowest BCUT2D eigenvalue weighted by Gasteiger charge is -2.23. The average Bonchev–Trinajstić information content (AvgIpc) is 3.01. The lowest BCUT2D eigenvalue weighted by molar-refractivity contribution is 0.459. The van der Waals surface area contributed by atoms with E-state index in [1.807, 2.05) is 60.7 Å². The third-order valence-corrected chi connectivity index (χ3v) is 6.59. The summed E-state index contributed by atoms with van der Waals surface area (Å²) in [5.41, 5.74) is 3.02. The van der Waals surface area contributed by atoms with E-state index >= 15 is 0 Å². The molecule has 0 aromatic heterocycles. The Bertz CT molecular complexity index is 1490. The molecule has 0 aliphatic carbocycles. The van der Waals surface area contributed by atoms with E-state index in [2.05, 4.69) is 37.5 Å². The molecule has 0 spiro atoms. The Morgan fingerprint density at radius 2 is 0.976 bits per heavy atom. The molecule has 3 aromatic rings. The Morgan fingerprint density at radius 1 is 0.595 bits per heavy atom. The van der Waals surface area contributed by atoms with Gasteiger partial charge in [-0.2, -0.15) is 21.0 Å². The topological polar surface area (TPSA) is 120 Å². The van der Waals surface area contributed by atoms with Gasteiger partial charge in [-0.1, -0.05) is 6.07 Å². The van der Waals surface area contributed by atoms with Gasteiger partial charge in [0.1, 0.15) is 58.4 Å². The number of hydrogen-bond acceptors (Lipinski definition) is 8. The third kappa shape index (κ3) is 7.70. The maximum atomic E-state index is 9.31. The molecule has 8 heteroatoms. The van der Waals surface area contributed by atoms with Gasteiger partial charge in [0.05, 0.1) is 0 Å². The van der Waals surface area contributed by atoms with Gasteiger partial charge in [0, 0.05) is 66.9 Å². The second kappa shape index (κ2) is 15.2. The molecule has 42 heavy (non-hydrogen) atoms. The quantitative estimate of drug-likeness (QED) is 0.207. The Labute approximate surface area is 247 Å². The van der Waals surface area contributed by atoms with Gasteiger partial charge >= 0.3 is 0 Å². The normalized spacial score (nSPS) is 9.71. The third-order valence-electron chi connectivity index (χ3n) is 6.59. The van der Waals surface area contributed by atoms with Crippen molar-refractivity contribution in [1.29, 1.82) is 21.0 Å². The SMILES string of the molecule is CCN(CC)c1ccc(C=C(C#N)C#N)c(Oc2cccc(Oc3cc(N(CC)CC)ccc3C=C(C#N)C#N)c2)c1. The molecule has 210 valence electrons. The highest BCUT2D eigenvalue weighted by atomic mass is 16.5. The molecule has 0 saturated carbocycles. The minimum absolute atomic E-state index is 0.0321. The molecule has 0 fully saturated rings. The Kier molecular flexibility index (Phi) is 11.1. The standard InChI is InChI=1S/C34H32N6O2/c1-5-39(6-2)29-14-12-27(16-25(21-35)22-36)33(18-29)41-31-10-9-11-32(20-31)42-34-19-30(40(7-3)8-4)15-13-28(34)17-26(23-37)24-38/h9-20H,5-8H2,1-4H3. The summed E-state index contributed by atoms with van der Waals surface area (Å²) < 4.78 is 12.6. The van der Waals surface area contributed by atoms with Crippen LogP contribution < -0.4 is 19.3 Å². The van der Waals surface area contributed by atoms with Gasteiger partial charge in [-0.15, -0.1) is 0 Å². The van der Waals surface area contributed by atoms with E-state index < -0.39 is 0 Å². The van der Waals surface area contributed by atoms with Crippen LogP contribution in [0.1, 0.15) is 38.8 Å². The van der Waals surface area contributed by atoms with Crippen LogP contribution in [-0.2, 0) is 0 Å². The first-order valence-corrected chi connectivity index (χ1v) is 13.7. The molecular formula is C34H32N6O2. The molecule has 8 nitrogen and oxygen atoms in total. The molecule has 0 aliphatic heterocycles. The number of nitriles is 4. The molecule has 3 rings (SSSR count). The van der Waals surface area contributed by atoms with Crippen LogP contribution >= 0.6 is 0 Å². The lowest BCUT2D eigenvalue weighted by atomic mass is 10.1. The van der Waals surface area contributed by atoms with Gasteiger partial charge in [-0.25, -0.2) is 0 Å². The minimum Gasteiger partial charge on any atom is -0.457 e. The zero-order chi connectivity index (χ0) is 30.5. The molecule has 0 saturated heterocycles. The zero-order valence-corrected chi connectivity index (χ0v) is 24.3. The van der Waals surface area contributed by atoms with Crippen LogP contribution in [0, 0.1) is 45.3 Å². The summed E-state index contributed by atoms with van der Waals surface area (Å²) in [5, 5.41) is 37.2. The van der Waals surface area contributed by atoms with Gasteiger partial charge in [0.2, 0.25) is 0 Å². The van der Waals surface area contributed by atoms with Gasteiger partial charge in [0.15, 0.2) is 0 Å². The van der Waals surface area contributed by atoms with Crippen molar-refractivity contribution in [3.63, 3.8) is 0 Å². The van der Waals surface area contributed by atoms with E-state index in [-0.39, 0.29) is 11.1 Å². The second-order valence-corrected chi connectivity index (χ2v) is 9.03. The Hall–Kier alpha value is -5.70. The highest BCUT2D eigenvalue weighted by Gasteiger charge is 2.13. The fourth-order valence-corrected chi connectivity index (χ4v) is 4.38. The van der Waals surface area contributed by atoms with E-state index in [1.54, 1.807) is 24.3 Å². The fourth-order valence-electron chi connectivity index (χ4n) is 4.38. The van der Waals surface area contributed by atoms with Crippen LogP contribution in [0.2, 0.25) is 0 Å². The molecule has 0 bridgehead atoms. The molecule has 0 atom stereocenters. The molecule has 0 aliphatic rings. The highest BCUT2D eigenvalue weighted by molar-refractivity contribution is 5.71. The summed E-state index contributed by atoms with van der Waals surface area (Å²) in [4.78, 5) is 4.34. The van der Waals surface area contributed by atoms with Crippen LogP contribution in [0.4, 0.5) is 11.4 Å². The van der Waals surface area contributed by atoms with Crippen LogP contribution in [-0.4, -0.2) is 26.2 Å². The van der Waals surface area contributed by atoms with Crippen LogP contribution in [0.15, 0.2) is 71.8 Å². The summed E-state index contributed by atoms with van der Waals surface area (Å²) in [5.74, 6) is 1.95. The van der Waals surface area contributed by atoms with Crippen LogP contribution in [0.5, 0.6) is 23.0 Å². The predicted molar refractivity (Wildman–Crippen MR) is 165 cm³/mol. The van der Waals surface area contributed by atoms with E-state index in [0.29, 0.717) is 34.1 Å². The van der Waals surface area contributed by atoms with E-state index in [9.17, 15) is 21.0 Å². The van der Waals surface area contributed by atoms with Crippen LogP contribution in [0.25, 0.3) is 12.2 Å². The van der Waals surface area contributed by atoms with E-state index in [0.717, 1.165) is 37.6 Å². The Balaban J connectivity index is 2.05. The Morgan fingerprint density at radius 3 is 1.31 bits per heavy atom. The van der Waals surface area contributed by atoms with Crippen molar-refractivity contribution < 1.29 is 9.47 Å². The van der Waals surface area contributed by atoms with Crippen molar-refractivity contribution in [1.82, 2.24) is 0 Å². The van der Waals surface area contributed by atoms with Crippen molar-refractivity contribution in [2.75, 3.05) is 36.0 Å². The summed E-state index contributed by atoms with van der Waals surface area (Å²) in [6.45, 7) is 11.5. The molecule has 0 heterocycles. The molecule has 3 aromatic carbocycles. The van der Waals surface area contributed by atoms with Crippen molar-refractivity contribution in [2.24, 2.45) is 0 Å². The second-order valence-electron chi connectivity index (χ2n) is 9.03. The van der Waals surface area contributed by atoms with Crippen molar-refractivity contribution >= 4 is 23.5 Å². The van der Waals surface area contributed by atoms with Crippen molar-refractivity contribution in [3.05, 3.63) is 82.9 Å². The number of allylic oxidation sites excluding steroid dienone is 2. The summed E-state index contributed by atoms with van der Waals surface area (Å²) >= 11 is 0. The summed E-state index contributed by atoms with van der Waals surface area (Å²) in [7, 11) is 0. The van der Waals surface area contributed by atoms with Crippen molar-refractivity contribution in [3.8, 4) is 47.3 Å². The van der Waals surface area contributed by atoms with E-state index in [4.69, 9.17) is 9.47 Å². The number of hydrogen-bond donors (Lipinski definition) is 0. The maximum absolute atomic E-state index is 9.31. The van der Waals surface area contributed by atoms with Gasteiger partial charge in [0.25, 0.3) is 0 Å². The largest absolute Gasteiger partial charge is 0.457 e. The summed E-state index contributed by atoms with van der Waals surface area (Å²) in [6, 6.07) is 26.0. The molecule has 0 N–H and O–H groups in total. The van der Waals surface area contributed by atoms with E-state index in [1.165, 1.54) is 12.2 Å². The van der Waals surface area contributed by atoms with Gasteiger partial charge in [-0.05, 0) is 76.2 Å². The van der Waals surface area contributed by atoms with Crippen molar-refractivity contribution in [2.45, 2.75) is 27.7 Å². The first kappa shape index (κ1) is 30.8. The molecular weight excluding hydrogens is 524 g/mol. The zero-order valence-electron chi connectivity index (χ0n) is 24.3. The highest BCUT2D eigenvalue weighted by Crippen LogP contribution is 2.36. The van der Waals surface area contributed by atoms with Gasteiger partial charge < -0.3 is 19.3 Å². The number of anilines is 2. The molecule has 0 radical (unpaired) electrons. The lowest BCUT2D eigenvalue weighted by Crippen LogP contribution is -2.21. The van der Waals surface area contributed by atoms with Gasteiger partial charge in [-0.3, -0.25) is 0 Å². The minimum atomic E-state index is -0.0321. The van der Waals surface area contributed by atoms with Crippen LogP contribution in [0.3, 0.4) is 0 Å². The first-order chi connectivity index (χ1) is 20.4. The molecule has 0 amide bonds. The monoisotopic (exact) mass is 556 g/mol. The number of nitrogens with zero attached hydrogens (tertiary/aromatic N) is 6. The predicted octanol–water partition coefficient (Wildman–Crippen LogP) is 7.82. The summed E-state index contributed by atoms with van der Waals surface area (Å²) in [6.07, 6.45) is 3.00. The number of ether oxygens (including phenoxy) is 2. The number of benzene rings is 3. The number of rotatable bonds is 12. The average molecular weight is 557 g/mol. The maximum Gasteiger partial charge on any atom is 0.136 e.